The highest BCUT2D eigenvalue weighted by Gasteiger charge is 2.35. The van der Waals surface area contributed by atoms with Crippen LogP contribution in [0.5, 0.6) is 0 Å². The molecule has 1 nitrogen and oxygen atoms in total. The van der Waals surface area contributed by atoms with Crippen molar-refractivity contribution >= 4 is 5.57 Å². The van der Waals surface area contributed by atoms with Crippen LogP contribution in [0.4, 0.5) is 0 Å². The third-order valence-electron chi connectivity index (χ3n) is 4.42. The molecule has 0 aliphatic carbocycles. The van der Waals surface area contributed by atoms with Gasteiger partial charge in [0.2, 0.25) is 0 Å². The van der Waals surface area contributed by atoms with Crippen molar-refractivity contribution < 1.29 is 0 Å². The number of rotatable bonds is 1. The molecule has 2 atom stereocenters. The first-order valence-corrected chi connectivity index (χ1v) is 6.78. The molecular weight excluding hydrogens is 206 g/mol. The Kier molecular flexibility index (Phi) is 2.79. The summed E-state index contributed by atoms with van der Waals surface area (Å²) in [5.41, 5.74) is 4.60. The predicted molar refractivity (Wildman–Crippen MR) is 72.8 cm³/mol. The van der Waals surface area contributed by atoms with Gasteiger partial charge in [0.15, 0.2) is 0 Å². The topological polar surface area (TPSA) is 3.24 Å². The molecule has 1 saturated heterocycles. The monoisotopic (exact) mass is 227 g/mol. The first-order valence-electron chi connectivity index (χ1n) is 6.78. The Labute approximate surface area is 104 Å². The molecule has 0 aromatic heterocycles. The van der Waals surface area contributed by atoms with Crippen LogP contribution in [0.15, 0.2) is 35.9 Å². The summed E-state index contributed by atoms with van der Waals surface area (Å²) in [6, 6.07) is 12.3. The van der Waals surface area contributed by atoms with E-state index in [0.29, 0.717) is 6.04 Å². The van der Waals surface area contributed by atoms with Gasteiger partial charge >= 0.3 is 0 Å². The van der Waals surface area contributed by atoms with Gasteiger partial charge in [0.05, 0.1) is 0 Å². The van der Waals surface area contributed by atoms with E-state index in [1.807, 2.05) is 0 Å². The van der Waals surface area contributed by atoms with Gasteiger partial charge in [-0.05, 0) is 50.8 Å². The van der Waals surface area contributed by atoms with Gasteiger partial charge in [-0.1, -0.05) is 35.9 Å². The highest BCUT2D eigenvalue weighted by molar-refractivity contribution is 5.73. The van der Waals surface area contributed by atoms with E-state index in [4.69, 9.17) is 0 Å². The zero-order valence-electron chi connectivity index (χ0n) is 10.8. The lowest BCUT2D eigenvalue weighted by molar-refractivity contribution is 0.215. The van der Waals surface area contributed by atoms with Crippen molar-refractivity contribution in [2.75, 3.05) is 6.54 Å². The van der Waals surface area contributed by atoms with Crippen LogP contribution in [0.2, 0.25) is 0 Å². The molecule has 0 radical (unpaired) electrons. The standard InChI is InChI=1S/C16H21N/c1-12-11-15-9-6-10-17(15)13(2)16(12)14-7-4-3-5-8-14/h3-5,7-8,13,15H,6,9-11H2,1-2H3/t13-,15-/m0/s1. The third-order valence-corrected chi connectivity index (χ3v) is 4.42. The second-order valence-corrected chi connectivity index (χ2v) is 5.47. The summed E-state index contributed by atoms with van der Waals surface area (Å²) in [6.45, 7) is 5.99. The van der Waals surface area contributed by atoms with E-state index < -0.39 is 0 Å². The maximum atomic E-state index is 2.70. The van der Waals surface area contributed by atoms with Crippen LogP contribution in [0.25, 0.3) is 5.57 Å². The van der Waals surface area contributed by atoms with Crippen LogP contribution >= 0.6 is 0 Å². The number of fused-ring (bicyclic) bond motifs is 1. The van der Waals surface area contributed by atoms with Gasteiger partial charge in [-0.25, -0.2) is 0 Å². The molecule has 1 heteroatoms. The Morgan fingerprint density at radius 2 is 1.94 bits per heavy atom. The molecule has 1 aromatic rings. The average molecular weight is 227 g/mol. The van der Waals surface area contributed by atoms with Gasteiger partial charge in [0.1, 0.15) is 0 Å². The van der Waals surface area contributed by atoms with Crippen molar-refractivity contribution in [2.45, 2.75) is 45.2 Å². The molecule has 90 valence electrons. The van der Waals surface area contributed by atoms with Crippen LogP contribution in [0.3, 0.4) is 0 Å². The first-order chi connectivity index (χ1) is 8.27. The highest BCUT2D eigenvalue weighted by Crippen LogP contribution is 2.38. The van der Waals surface area contributed by atoms with Crippen LogP contribution in [-0.4, -0.2) is 23.5 Å². The smallest absolute Gasteiger partial charge is 0.0328 e. The maximum absolute atomic E-state index is 2.70. The van der Waals surface area contributed by atoms with Crippen molar-refractivity contribution in [2.24, 2.45) is 0 Å². The van der Waals surface area contributed by atoms with E-state index in [-0.39, 0.29) is 0 Å². The Morgan fingerprint density at radius 3 is 2.71 bits per heavy atom. The Morgan fingerprint density at radius 1 is 1.18 bits per heavy atom. The molecule has 0 amide bonds. The van der Waals surface area contributed by atoms with E-state index in [2.05, 4.69) is 49.1 Å². The number of hydrogen-bond donors (Lipinski definition) is 0. The minimum absolute atomic E-state index is 0.596. The molecule has 1 aromatic carbocycles. The number of nitrogens with zero attached hydrogens (tertiary/aromatic N) is 1. The predicted octanol–water partition coefficient (Wildman–Crippen LogP) is 3.72. The van der Waals surface area contributed by atoms with Crippen molar-refractivity contribution in [3.8, 4) is 0 Å². The molecule has 17 heavy (non-hydrogen) atoms. The largest absolute Gasteiger partial charge is 0.293 e. The minimum Gasteiger partial charge on any atom is -0.293 e. The molecule has 2 aliphatic rings. The lowest BCUT2D eigenvalue weighted by Crippen LogP contribution is -2.41. The molecule has 0 N–H and O–H groups in total. The highest BCUT2D eigenvalue weighted by atomic mass is 15.2. The van der Waals surface area contributed by atoms with Gasteiger partial charge in [0, 0.05) is 12.1 Å². The molecule has 3 rings (SSSR count). The van der Waals surface area contributed by atoms with Crippen LogP contribution in [-0.2, 0) is 0 Å². The van der Waals surface area contributed by atoms with Gasteiger partial charge in [-0.3, -0.25) is 4.90 Å². The minimum atomic E-state index is 0.596. The zero-order valence-corrected chi connectivity index (χ0v) is 10.8. The summed E-state index contributed by atoms with van der Waals surface area (Å²) in [7, 11) is 0. The summed E-state index contributed by atoms with van der Waals surface area (Å²) in [5, 5.41) is 0. The summed E-state index contributed by atoms with van der Waals surface area (Å²) in [4.78, 5) is 2.70. The van der Waals surface area contributed by atoms with Gasteiger partial charge < -0.3 is 0 Å². The van der Waals surface area contributed by atoms with E-state index in [1.165, 1.54) is 31.4 Å². The second kappa shape index (κ2) is 4.30. The van der Waals surface area contributed by atoms with Crippen molar-refractivity contribution in [1.82, 2.24) is 4.90 Å². The van der Waals surface area contributed by atoms with Gasteiger partial charge in [0.25, 0.3) is 0 Å². The van der Waals surface area contributed by atoms with E-state index >= 15 is 0 Å². The lowest BCUT2D eigenvalue weighted by atomic mass is 9.86. The Bertz CT molecular complexity index is 432. The lowest BCUT2D eigenvalue weighted by Gasteiger charge is -2.38. The fourth-order valence-corrected chi connectivity index (χ4v) is 3.68. The maximum Gasteiger partial charge on any atom is 0.0328 e. The summed E-state index contributed by atoms with van der Waals surface area (Å²) in [6.07, 6.45) is 4.04. The zero-order chi connectivity index (χ0) is 11.8. The van der Waals surface area contributed by atoms with Crippen molar-refractivity contribution in [3.05, 3.63) is 41.5 Å². The summed E-state index contributed by atoms with van der Waals surface area (Å²) in [5.74, 6) is 0. The molecule has 2 heterocycles. The van der Waals surface area contributed by atoms with Crippen LogP contribution in [0, 0.1) is 0 Å². The summed E-state index contributed by atoms with van der Waals surface area (Å²) < 4.78 is 0. The quantitative estimate of drug-likeness (QED) is 0.707. The summed E-state index contributed by atoms with van der Waals surface area (Å²) >= 11 is 0. The molecular formula is C16H21N. The van der Waals surface area contributed by atoms with Crippen molar-refractivity contribution in [3.63, 3.8) is 0 Å². The Hall–Kier alpha value is -1.08. The molecule has 0 bridgehead atoms. The molecule has 2 aliphatic heterocycles. The molecule has 0 unspecified atom stereocenters. The number of hydrogen-bond acceptors (Lipinski definition) is 1. The van der Waals surface area contributed by atoms with Crippen molar-refractivity contribution in [1.29, 1.82) is 0 Å². The van der Waals surface area contributed by atoms with E-state index in [0.717, 1.165) is 6.04 Å². The molecule has 0 spiro atoms. The van der Waals surface area contributed by atoms with E-state index in [9.17, 15) is 0 Å². The van der Waals surface area contributed by atoms with Crippen LogP contribution < -0.4 is 0 Å². The SMILES string of the molecule is CC1=C(c2ccccc2)[C@H](C)N2CCC[C@H]2C1. The number of benzene rings is 1. The second-order valence-electron chi connectivity index (χ2n) is 5.47. The third kappa shape index (κ3) is 1.83. The fourth-order valence-electron chi connectivity index (χ4n) is 3.68. The Balaban J connectivity index is 2.00. The first kappa shape index (κ1) is 11.0. The van der Waals surface area contributed by atoms with Gasteiger partial charge in [-0.2, -0.15) is 0 Å². The van der Waals surface area contributed by atoms with Gasteiger partial charge in [-0.15, -0.1) is 0 Å². The van der Waals surface area contributed by atoms with E-state index in [1.54, 1.807) is 11.1 Å². The fraction of sp³-hybridized carbons (Fsp3) is 0.500. The molecule has 0 saturated carbocycles. The normalized spacial score (nSPS) is 29.5. The molecule has 1 fully saturated rings. The average Bonchev–Trinajstić information content (AvgIpc) is 2.78. The van der Waals surface area contributed by atoms with Crippen LogP contribution in [0.1, 0.15) is 38.7 Å².